The summed E-state index contributed by atoms with van der Waals surface area (Å²) in [5.74, 6) is 1.21. The van der Waals surface area contributed by atoms with Gasteiger partial charge >= 0.3 is 0 Å². The highest BCUT2D eigenvalue weighted by Crippen LogP contribution is 2.20. The fourth-order valence-electron chi connectivity index (χ4n) is 1.67. The van der Waals surface area contributed by atoms with Gasteiger partial charge in [0.25, 0.3) is 0 Å². The third kappa shape index (κ3) is 4.05. The van der Waals surface area contributed by atoms with E-state index in [0.717, 1.165) is 17.7 Å². The molecule has 0 amide bonds. The van der Waals surface area contributed by atoms with Gasteiger partial charge in [0.1, 0.15) is 5.75 Å². The molecule has 2 aromatic rings. The second-order valence-corrected chi connectivity index (χ2v) is 4.15. The van der Waals surface area contributed by atoms with Crippen molar-refractivity contribution in [3.05, 3.63) is 53.7 Å². The summed E-state index contributed by atoms with van der Waals surface area (Å²) in [5, 5.41) is 9.05. The number of hydrogen-bond donors (Lipinski definition) is 1. The van der Waals surface area contributed by atoms with Gasteiger partial charge in [-0.3, -0.25) is 0 Å². The predicted molar refractivity (Wildman–Crippen MR) is 72.3 cm³/mol. The lowest BCUT2D eigenvalue weighted by Crippen LogP contribution is -1.94. The minimum absolute atomic E-state index is 0.0190. The van der Waals surface area contributed by atoms with E-state index in [4.69, 9.17) is 14.6 Å². The van der Waals surface area contributed by atoms with Crippen molar-refractivity contribution in [3.63, 3.8) is 0 Å². The topological polar surface area (TPSA) is 51.6 Å². The number of aromatic nitrogens is 1. The lowest BCUT2D eigenvalue weighted by atomic mass is 10.1. The summed E-state index contributed by atoms with van der Waals surface area (Å²) >= 11 is 0. The van der Waals surface area contributed by atoms with Crippen LogP contribution in [0.4, 0.5) is 0 Å². The Morgan fingerprint density at radius 3 is 2.58 bits per heavy atom. The lowest BCUT2D eigenvalue weighted by molar-refractivity contribution is 0.202. The maximum absolute atomic E-state index is 9.05. The van der Waals surface area contributed by atoms with Crippen LogP contribution in [0.5, 0.6) is 11.6 Å². The molecule has 0 unspecified atom stereocenters. The molecule has 0 radical (unpaired) electrons. The van der Waals surface area contributed by atoms with Crippen LogP contribution >= 0.6 is 0 Å². The predicted octanol–water partition coefficient (Wildman–Crippen LogP) is 2.56. The number of rotatable bonds is 6. The number of benzene rings is 1. The average Bonchev–Trinajstić information content (AvgIpc) is 2.47. The van der Waals surface area contributed by atoms with Gasteiger partial charge in [0.2, 0.25) is 5.88 Å². The maximum Gasteiger partial charge on any atom is 0.219 e. The molecular formula is C15H17NO3. The Kier molecular flexibility index (Phi) is 4.89. The van der Waals surface area contributed by atoms with Crippen molar-refractivity contribution >= 4 is 0 Å². The molecule has 4 nitrogen and oxygen atoms in total. The Morgan fingerprint density at radius 1 is 1.11 bits per heavy atom. The Morgan fingerprint density at radius 2 is 1.89 bits per heavy atom. The van der Waals surface area contributed by atoms with Gasteiger partial charge in [-0.1, -0.05) is 12.1 Å². The highest BCUT2D eigenvalue weighted by Gasteiger charge is 2.00. The van der Waals surface area contributed by atoms with Crippen molar-refractivity contribution in [1.82, 2.24) is 4.98 Å². The van der Waals surface area contributed by atoms with Crippen LogP contribution in [0, 0.1) is 0 Å². The van der Waals surface area contributed by atoms with E-state index >= 15 is 0 Å². The molecule has 1 aromatic carbocycles. The molecule has 0 atom stereocenters. The number of pyridine rings is 1. The summed E-state index contributed by atoms with van der Waals surface area (Å²) in [6.07, 6.45) is 2.50. The number of ether oxygens (including phenoxy) is 2. The summed E-state index contributed by atoms with van der Waals surface area (Å²) < 4.78 is 10.7. The number of methoxy groups -OCH3 is 1. The average molecular weight is 259 g/mol. The summed E-state index contributed by atoms with van der Waals surface area (Å²) in [6.45, 7) is 0.690. The molecule has 0 saturated heterocycles. The molecule has 1 N–H and O–H groups in total. The van der Waals surface area contributed by atoms with Gasteiger partial charge in [-0.15, -0.1) is 0 Å². The molecule has 0 aliphatic heterocycles. The quantitative estimate of drug-likeness (QED) is 0.866. The molecule has 2 rings (SSSR count). The first-order valence-electron chi connectivity index (χ1n) is 6.13. The molecule has 0 aliphatic rings. The van der Waals surface area contributed by atoms with Crippen molar-refractivity contribution < 1.29 is 14.6 Å². The zero-order valence-corrected chi connectivity index (χ0v) is 10.9. The van der Waals surface area contributed by atoms with E-state index in [9.17, 15) is 0 Å². The Bertz CT molecular complexity index is 511. The highest BCUT2D eigenvalue weighted by molar-refractivity contribution is 5.31. The Labute approximate surface area is 112 Å². The molecule has 0 fully saturated rings. The van der Waals surface area contributed by atoms with Gasteiger partial charge < -0.3 is 14.6 Å². The molecule has 0 aliphatic carbocycles. The summed E-state index contributed by atoms with van der Waals surface area (Å²) in [7, 11) is 1.69. The third-order valence-electron chi connectivity index (χ3n) is 2.72. The van der Waals surface area contributed by atoms with Gasteiger partial charge in [0, 0.05) is 19.4 Å². The smallest absolute Gasteiger partial charge is 0.219 e. The van der Waals surface area contributed by atoms with E-state index in [-0.39, 0.29) is 6.61 Å². The van der Waals surface area contributed by atoms with Gasteiger partial charge in [-0.05, 0) is 35.7 Å². The Balaban J connectivity index is 2.02. The first kappa shape index (κ1) is 13.5. The number of nitrogens with zero attached hydrogens (tertiary/aromatic N) is 1. The summed E-state index contributed by atoms with van der Waals surface area (Å²) in [4.78, 5) is 4.10. The second-order valence-electron chi connectivity index (χ2n) is 4.15. The van der Waals surface area contributed by atoms with Crippen molar-refractivity contribution in [1.29, 1.82) is 0 Å². The number of aliphatic hydroxyl groups is 1. The fraction of sp³-hybridized carbons (Fsp3) is 0.267. The molecule has 19 heavy (non-hydrogen) atoms. The van der Waals surface area contributed by atoms with Crippen LogP contribution in [0.3, 0.4) is 0 Å². The van der Waals surface area contributed by atoms with Gasteiger partial charge in [0.05, 0.1) is 13.2 Å². The molecule has 1 aromatic heterocycles. The van der Waals surface area contributed by atoms with E-state index in [1.54, 1.807) is 25.4 Å². The number of hydrogen-bond acceptors (Lipinski definition) is 4. The minimum Gasteiger partial charge on any atom is -0.439 e. The number of aliphatic hydroxyl groups excluding tert-OH is 1. The van der Waals surface area contributed by atoms with Gasteiger partial charge in [-0.2, -0.15) is 0 Å². The minimum atomic E-state index is -0.0190. The van der Waals surface area contributed by atoms with Crippen molar-refractivity contribution in [2.75, 3.05) is 13.7 Å². The van der Waals surface area contributed by atoms with Crippen LogP contribution in [0.25, 0.3) is 0 Å². The van der Waals surface area contributed by atoms with Crippen LogP contribution in [0.2, 0.25) is 0 Å². The maximum atomic E-state index is 9.05. The zero-order valence-electron chi connectivity index (χ0n) is 10.9. The van der Waals surface area contributed by atoms with E-state index in [0.29, 0.717) is 12.5 Å². The first-order valence-corrected chi connectivity index (χ1v) is 6.13. The molecule has 1 heterocycles. The molecule has 4 heteroatoms. The summed E-state index contributed by atoms with van der Waals surface area (Å²) in [6, 6.07) is 11.3. The van der Waals surface area contributed by atoms with Gasteiger partial charge in [0.15, 0.2) is 0 Å². The van der Waals surface area contributed by atoms with Crippen molar-refractivity contribution in [2.24, 2.45) is 0 Å². The fourth-order valence-corrected chi connectivity index (χ4v) is 1.67. The van der Waals surface area contributed by atoms with E-state index in [1.165, 1.54) is 5.56 Å². The van der Waals surface area contributed by atoms with Crippen molar-refractivity contribution in [2.45, 2.75) is 13.0 Å². The first-order chi connectivity index (χ1) is 9.31. The normalized spacial score (nSPS) is 10.4. The largest absolute Gasteiger partial charge is 0.439 e. The molecule has 0 spiro atoms. The van der Waals surface area contributed by atoms with E-state index in [2.05, 4.69) is 4.98 Å². The highest BCUT2D eigenvalue weighted by atomic mass is 16.5. The SMILES string of the molecule is COCCc1ccc(Oc2cc(CO)ccn2)cc1. The second kappa shape index (κ2) is 6.87. The van der Waals surface area contributed by atoms with E-state index in [1.807, 2.05) is 24.3 Å². The Hall–Kier alpha value is -1.91. The van der Waals surface area contributed by atoms with Crippen LogP contribution in [-0.2, 0) is 17.8 Å². The zero-order chi connectivity index (χ0) is 13.5. The molecule has 0 saturated carbocycles. The monoisotopic (exact) mass is 259 g/mol. The third-order valence-corrected chi connectivity index (χ3v) is 2.72. The summed E-state index contributed by atoms with van der Waals surface area (Å²) in [5.41, 5.74) is 1.98. The van der Waals surface area contributed by atoms with Crippen molar-refractivity contribution in [3.8, 4) is 11.6 Å². The van der Waals surface area contributed by atoms with Crippen LogP contribution in [0.15, 0.2) is 42.6 Å². The van der Waals surface area contributed by atoms with Crippen LogP contribution in [-0.4, -0.2) is 23.8 Å². The van der Waals surface area contributed by atoms with Crippen LogP contribution < -0.4 is 4.74 Å². The molecule has 0 bridgehead atoms. The van der Waals surface area contributed by atoms with Crippen LogP contribution in [0.1, 0.15) is 11.1 Å². The lowest BCUT2D eigenvalue weighted by Gasteiger charge is -2.06. The standard InChI is InChI=1S/C15H17NO3/c1-18-9-7-12-2-4-14(5-3-12)19-15-10-13(11-17)6-8-16-15/h2-6,8,10,17H,7,9,11H2,1H3. The molecule has 100 valence electrons. The van der Waals surface area contributed by atoms with Gasteiger partial charge in [-0.25, -0.2) is 4.98 Å². The molecular weight excluding hydrogens is 242 g/mol. The van der Waals surface area contributed by atoms with E-state index < -0.39 is 0 Å².